The third-order valence-electron chi connectivity index (χ3n) is 19.9. The molecule has 0 spiro atoms. The summed E-state index contributed by atoms with van der Waals surface area (Å²) in [5.74, 6) is -9.59. The number of aromatic hydroxyl groups is 2. The molecular formula is C81H113N15O17S2. The second-order valence-corrected chi connectivity index (χ2v) is 32.6. The van der Waals surface area contributed by atoms with Crippen LogP contribution >= 0.6 is 23.5 Å². The topological polar surface area (TPSA) is 502 Å². The zero-order chi connectivity index (χ0) is 83.9. The van der Waals surface area contributed by atoms with Crippen LogP contribution in [0.1, 0.15) is 160 Å². The van der Waals surface area contributed by atoms with Gasteiger partial charge in [0.15, 0.2) is 0 Å². The summed E-state index contributed by atoms with van der Waals surface area (Å²) in [4.78, 5) is 192. The average molecular weight is 1630 g/mol. The summed E-state index contributed by atoms with van der Waals surface area (Å²) < 4.78 is 0. The second kappa shape index (κ2) is 45.7. The van der Waals surface area contributed by atoms with Gasteiger partial charge < -0.3 is 94.9 Å². The van der Waals surface area contributed by atoms with Gasteiger partial charge in [0, 0.05) is 92.9 Å². The maximum atomic E-state index is 15.3. The minimum atomic E-state index is -1.70. The number of aromatic nitrogens is 2. The van der Waals surface area contributed by atoms with E-state index in [0.29, 0.717) is 89.9 Å². The number of fused-ring (bicyclic) bond motifs is 3. The van der Waals surface area contributed by atoms with E-state index in [1.54, 1.807) is 64.4 Å². The Balaban J connectivity index is 1.19. The van der Waals surface area contributed by atoms with E-state index in [4.69, 9.17) is 5.73 Å². The van der Waals surface area contributed by atoms with Crippen LogP contribution in [-0.2, 0) is 93.1 Å². The summed E-state index contributed by atoms with van der Waals surface area (Å²) >= 11 is 2.77. The Kier molecular flexibility index (Phi) is 36.5. The highest BCUT2D eigenvalue weighted by molar-refractivity contribution is 7.98. The Labute approximate surface area is 678 Å². The van der Waals surface area contributed by atoms with Crippen LogP contribution in [0.4, 0.5) is 0 Å². The summed E-state index contributed by atoms with van der Waals surface area (Å²) in [7, 11) is 0. The molecule has 5 aromatic rings. The molecule has 115 heavy (non-hydrogen) atoms. The highest BCUT2D eigenvalue weighted by atomic mass is 32.2. The summed E-state index contributed by atoms with van der Waals surface area (Å²) in [5, 5.41) is 75.5. The number of nitrogens with zero attached hydrogens (tertiary/aromatic N) is 1. The van der Waals surface area contributed by atoms with E-state index < -0.39 is 168 Å². The zero-order valence-corrected chi connectivity index (χ0v) is 67.9. The first-order chi connectivity index (χ1) is 54.8. The Morgan fingerprint density at radius 1 is 0.617 bits per heavy atom. The van der Waals surface area contributed by atoms with E-state index in [1.165, 1.54) is 73.8 Å². The third kappa shape index (κ3) is 30.1. The molecule has 2 aromatic heterocycles. The third-order valence-corrected chi connectivity index (χ3v) is 22.0. The molecule has 1 aliphatic heterocycles. The molecule has 626 valence electrons. The molecule has 13 amide bonds. The quantitative estimate of drug-likeness (QED) is 0.0564. The van der Waals surface area contributed by atoms with E-state index in [2.05, 4.69) is 73.8 Å². The highest BCUT2D eigenvalue weighted by Crippen LogP contribution is 2.29. The van der Waals surface area contributed by atoms with Crippen molar-refractivity contribution in [2.75, 3.05) is 24.6 Å². The van der Waals surface area contributed by atoms with E-state index in [9.17, 15) is 73.2 Å². The Morgan fingerprint density at radius 2 is 1.23 bits per heavy atom. The summed E-state index contributed by atoms with van der Waals surface area (Å²) in [6.07, 6.45) is 3.38. The maximum Gasteiger partial charge on any atom is 0.245 e. The van der Waals surface area contributed by atoms with Crippen LogP contribution in [0.5, 0.6) is 11.5 Å². The van der Waals surface area contributed by atoms with Gasteiger partial charge in [0.05, 0.1) is 12.2 Å². The SMILES string of the molecule is CCC[C@H](NC(=O)[C@H](Cc1c[nH]c2ncccc12)NC(=O)[C@H](NC(C)=O)[C@@H](C)O)C(=O)NC1CCC(=O)NCCCCCNC(=O)[C@H](Cc2ccc(O)cc2)NC(=O)[C@H](C(C)(C)C)NC(=O)CCSCc2cccc(c2)CSC[C@H](C(N)=O)NC(=O)[C@H]([C@@H](C)O)NC(=O)[C@H](C2CCCCC2)NC(=O)[C@H](Cc2ccc(O)cc2)NC1=O. The zero-order valence-electron chi connectivity index (χ0n) is 66.2. The number of phenolic OH excluding ortho intramolecular Hbond substituents is 2. The number of amides is 13. The number of primary amides is 1. The fourth-order valence-corrected chi connectivity index (χ4v) is 15.4. The Hall–Kier alpha value is -10.3. The molecule has 1 unspecified atom stereocenters. The molecule has 2 bridgehead atoms. The van der Waals surface area contributed by atoms with Crippen molar-refractivity contribution < 1.29 is 82.8 Å². The molecule has 1 fully saturated rings. The normalized spacial score (nSPS) is 22.1. The molecule has 32 nitrogen and oxygen atoms in total. The first kappa shape index (κ1) is 91.9. The number of nitrogens with two attached hydrogens (primary N) is 1. The number of nitrogens with one attached hydrogen (secondary N) is 13. The summed E-state index contributed by atoms with van der Waals surface area (Å²) in [5.41, 5.74) is 8.86. The van der Waals surface area contributed by atoms with Crippen LogP contribution in [0.25, 0.3) is 11.0 Å². The van der Waals surface area contributed by atoms with Crippen molar-refractivity contribution in [3.8, 4) is 11.5 Å². The van der Waals surface area contributed by atoms with Crippen LogP contribution in [0.2, 0.25) is 0 Å². The predicted octanol–water partition coefficient (Wildman–Crippen LogP) is 2.30. The number of carbonyl (C=O) groups is 13. The van der Waals surface area contributed by atoms with Gasteiger partial charge in [-0.2, -0.15) is 23.5 Å². The molecule has 7 rings (SSSR count). The van der Waals surface area contributed by atoms with E-state index in [-0.39, 0.29) is 74.8 Å². The average Bonchev–Trinajstić information content (AvgIpc) is 1.74. The van der Waals surface area contributed by atoms with Gasteiger partial charge in [0.25, 0.3) is 0 Å². The molecule has 1 saturated carbocycles. The minimum absolute atomic E-state index is 0.00119. The first-order valence-corrected chi connectivity index (χ1v) is 41.5. The number of hydrogen-bond donors (Lipinski definition) is 18. The lowest BCUT2D eigenvalue weighted by Crippen LogP contribution is -2.63. The molecule has 19 N–H and O–H groups in total. The van der Waals surface area contributed by atoms with Crippen LogP contribution in [0.3, 0.4) is 0 Å². The lowest BCUT2D eigenvalue weighted by Gasteiger charge is -2.33. The molecule has 3 heterocycles. The van der Waals surface area contributed by atoms with Crippen LogP contribution in [0.15, 0.2) is 97.3 Å². The van der Waals surface area contributed by atoms with Gasteiger partial charge in [0.1, 0.15) is 77.6 Å². The van der Waals surface area contributed by atoms with Crippen molar-refractivity contribution in [3.05, 3.63) is 125 Å². The number of aliphatic hydroxyl groups is 2. The predicted molar refractivity (Wildman–Crippen MR) is 434 cm³/mol. The molecule has 1 aliphatic carbocycles. The number of hydrogen-bond acceptors (Lipinski definition) is 20. The molecule has 34 heteroatoms. The molecular weight excluding hydrogens is 1520 g/mol. The number of aliphatic hydroxyl groups excluding tert-OH is 2. The van der Waals surface area contributed by atoms with Gasteiger partial charge in [0.2, 0.25) is 76.8 Å². The van der Waals surface area contributed by atoms with E-state index in [0.717, 1.165) is 24.5 Å². The van der Waals surface area contributed by atoms with Crippen LogP contribution in [-0.4, -0.2) is 204 Å². The number of phenols is 2. The van der Waals surface area contributed by atoms with Crippen molar-refractivity contribution >= 4 is 111 Å². The van der Waals surface area contributed by atoms with Crippen molar-refractivity contribution in [2.24, 2.45) is 17.1 Å². The van der Waals surface area contributed by atoms with Gasteiger partial charge in [-0.25, -0.2) is 4.98 Å². The fraction of sp³-hybridized carbons (Fsp3) is 0.531. The Bertz CT molecular complexity index is 4130. The van der Waals surface area contributed by atoms with Crippen molar-refractivity contribution in [1.82, 2.24) is 73.8 Å². The van der Waals surface area contributed by atoms with Gasteiger partial charge >= 0.3 is 0 Å². The van der Waals surface area contributed by atoms with Crippen LogP contribution in [0, 0.1) is 11.3 Å². The van der Waals surface area contributed by atoms with Crippen molar-refractivity contribution in [2.45, 2.75) is 235 Å². The minimum Gasteiger partial charge on any atom is -0.508 e. The molecule has 12 atom stereocenters. The molecule has 0 saturated heterocycles. The lowest BCUT2D eigenvalue weighted by molar-refractivity contribution is -0.137. The first-order valence-electron chi connectivity index (χ1n) is 39.2. The number of benzene rings is 3. The lowest BCUT2D eigenvalue weighted by atomic mass is 9.83. The largest absolute Gasteiger partial charge is 0.508 e. The van der Waals surface area contributed by atoms with Gasteiger partial charge in [-0.1, -0.05) is 102 Å². The summed E-state index contributed by atoms with van der Waals surface area (Å²) in [6, 6.07) is 8.63. The summed E-state index contributed by atoms with van der Waals surface area (Å²) in [6.45, 7) is 11.0. The fourth-order valence-electron chi connectivity index (χ4n) is 13.5. The maximum absolute atomic E-state index is 15.3. The van der Waals surface area contributed by atoms with E-state index >= 15 is 9.59 Å². The second-order valence-electron chi connectivity index (χ2n) is 30.5. The number of H-pyrrole nitrogens is 1. The highest BCUT2D eigenvalue weighted by Gasteiger charge is 2.40. The van der Waals surface area contributed by atoms with E-state index in [1.807, 2.05) is 24.3 Å². The monoisotopic (exact) mass is 1630 g/mol. The van der Waals surface area contributed by atoms with Crippen molar-refractivity contribution in [1.29, 1.82) is 0 Å². The number of rotatable bonds is 19. The number of thioether (sulfide) groups is 2. The standard InChI is InChI=1S/C81H113N15O17S2/c1-8-17-58(88-75(108)62(91-77(110)66(46(2)97)87-48(4)99)41-54-42-86-71-57(54)22-16-36-84-71)73(106)89-59-31-32-64(102)83-34-13-10-14-35-85-72(105)60(39-49-23-27-55(100)28-24-49)92-80(113)69(81(5,6)7)94-65(103)33-37-114-43-51-18-15-19-52(38-51)44-115-45-63(70(82)104)93-78(111)67(47(3)98)95-79(112)68(53-20-11-9-12-21-53)96-76(109)61(90-74(59)107)40-50-25-29-56(101)30-26-50/h15-16,18-19,22-30,36,38,42,46-47,53,58-63,66-69,97-98,100-101H,8-14,17,20-21,31-35,37,39-41,43-45H2,1-7H3,(H2,82,104)(H,83,102)(H,84,86)(H,85,105)(H,87,99)(H,88,108)(H,89,106)(H,90,107)(H,91,110)(H,92,113)(H,93,111)(H,94,103)(H,95,112)(H,96,109)/t46-,47-,58+,59?,60+,61+,62+,63-,66-,67+,68+,69-/m1/s1. The van der Waals surface area contributed by atoms with Gasteiger partial charge in [-0.15, -0.1) is 0 Å². The number of carbonyl (C=O) groups excluding carboxylic acids is 13. The number of aromatic amines is 1. The molecule has 0 radical (unpaired) electrons. The number of pyridine rings is 1. The van der Waals surface area contributed by atoms with Crippen LogP contribution < -0.4 is 69.5 Å². The van der Waals surface area contributed by atoms with Gasteiger partial charge in [-0.05, 0) is 134 Å². The Morgan fingerprint density at radius 3 is 1.83 bits per heavy atom. The molecule has 2 aliphatic rings. The smallest absolute Gasteiger partial charge is 0.245 e. The van der Waals surface area contributed by atoms with Gasteiger partial charge in [-0.3, -0.25) is 62.3 Å². The van der Waals surface area contributed by atoms with Crippen molar-refractivity contribution in [3.63, 3.8) is 0 Å². The molecule has 3 aromatic carbocycles.